The van der Waals surface area contributed by atoms with Crippen molar-refractivity contribution in [1.82, 2.24) is 0 Å². The molecular formula is C10H14N2. The van der Waals surface area contributed by atoms with Crippen molar-refractivity contribution in [2.75, 3.05) is 0 Å². The number of hydrogen-bond donors (Lipinski definition) is 0. The molecule has 2 heterocycles. The molecule has 2 unspecified atom stereocenters. The second kappa shape index (κ2) is 3.83. The van der Waals surface area contributed by atoms with Crippen LogP contribution in [0.2, 0.25) is 0 Å². The topological polar surface area (TPSA) is 24.7 Å². The van der Waals surface area contributed by atoms with Crippen molar-refractivity contribution in [3.05, 3.63) is 6.54 Å². The van der Waals surface area contributed by atoms with Crippen LogP contribution < -0.4 is 0 Å². The average Bonchev–Trinajstić information content (AvgIpc) is 2.21. The molecule has 0 aromatic carbocycles. The van der Waals surface area contributed by atoms with Crippen molar-refractivity contribution in [2.45, 2.75) is 38.1 Å². The monoisotopic (exact) mass is 162 g/mol. The summed E-state index contributed by atoms with van der Waals surface area (Å²) in [7, 11) is 0. The normalized spacial score (nSPS) is 35.3. The first kappa shape index (κ1) is 7.96. The highest BCUT2D eigenvalue weighted by molar-refractivity contribution is 5.60. The van der Waals surface area contributed by atoms with E-state index >= 15 is 0 Å². The smallest absolute Gasteiger partial charge is 0.121 e. The van der Waals surface area contributed by atoms with Gasteiger partial charge in [0.05, 0.1) is 6.04 Å². The third kappa shape index (κ3) is 1.74. The van der Waals surface area contributed by atoms with Crippen molar-refractivity contribution < 1.29 is 0 Å². The highest BCUT2D eigenvalue weighted by Gasteiger charge is 2.23. The fourth-order valence-corrected chi connectivity index (χ4v) is 1.82. The zero-order valence-corrected chi connectivity index (χ0v) is 7.24. The summed E-state index contributed by atoms with van der Waals surface area (Å²) in [6.45, 7) is 3.14. The first-order valence-electron chi connectivity index (χ1n) is 4.75. The molecule has 0 N–H and O–H groups in total. The molecule has 2 rings (SSSR count). The standard InChI is InChI=1S/C10H14N2/c1-2-7-12-10(5-1)9-4-3-6-11-8-9/h6-7,9-10H,1-5H2. The summed E-state index contributed by atoms with van der Waals surface area (Å²) >= 11 is 0. The van der Waals surface area contributed by atoms with Gasteiger partial charge in [0, 0.05) is 5.92 Å². The van der Waals surface area contributed by atoms with Crippen LogP contribution in [0.5, 0.6) is 0 Å². The Balaban J connectivity index is 1.94. The van der Waals surface area contributed by atoms with E-state index in [1.54, 1.807) is 0 Å². The fraction of sp³-hybridized carbons (Fsp3) is 0.700. The van der Waals surface area contributed by atoms with Gasteiger partial charge in [-0.05, 0) is 44.5 Å². The maximum absolute atomic E-state index is 4.49. The van der Waals surface area contributed by atoms with Crippen LogP contribution in [0.25, 0.3) is 0 Å². The molecule has 2 heteroatoms. The lowest BCUT2D eigenvalue weighted by atomic mass is 9.89. The average molecular weight is 162 g/mol. The van der Waals surface area contributed by atoms with Gasteiger partial charge in [0.1, 0.15) is 6.54 Å². The molecule has 12 heavy (non-hydrogen) atoms. The summed E-state index contributed by atoms with van der Waals surface area (Å²) in [5.41, 5.74) is 0. The van der Waals surface area contributed by atoms with Crippen LogP contribution in [0.4, 0.5) is 0 Å². The minimum atomic E-state index is 0.483. The van der Waals surface area contributed by atoms with Gasteiger partial charge >= 0.3 is 0 Å². The third-order valence-electron chi connectivity index (χ3n) is 2.53. The van der Waals surface area contributed by atoms with Crippen LogP contribution >= 0.6 is 0 Å². The van der Waals surface area contributed by atoms with Gasteiger partial charge in [-0.1, -0.05) is 0 Å². The molecule has 2 nitrogen and oxygen atoms in total. The number of rotatable bonds is 1. The first-order chi connectivity index (χ1) is 5.97. The molecule has 2 aliphatic rings. The largest absolute Gasteiger partial charge is 0.294 e. The minimum Gasteiger partial charge on any atom is -0.294 e. The van der Waals surface area contributed by atoms with Crippen LogP contribution in [-0.2, 0) is 0 Å². The Bertz CT molecular complexity index is 196. The predicted molar refractivity (Wildman–Crippen MR) is 50.6 cm³/mol. The lowest BCUT2D eigenvalue weighted by molar-refractivity contribution is 0.407. The zero-order chi connectivity index (χ0) is 8.23. The number of aliphatic imine (C=N–C) groups is 2. The molecule has 2 atom stereocenters. The Labute approximate surface area is 73.8 Å². The third-order valence-corrected chi connectivity index (χ3v) is 2.53. The molecule has 0 saturated carbocycles. The quantitative estimate of drug-likeness (QED) is 0.564. The Morgan fingerprint density at radius 1 is 1.17 bits per heavy atom. The van der Waals surface area contributed by atoms with E-state index in [9.17, 15) is 0 Å². The summed E-state index contributed by atoms with van der Waals surface area (Å²) in [5, 5.41) is 0. The second-order valence-electron chi connectivity index (χ2n) is 3.45. The molecule has 2 radical (unpaired) electrons. The summed E-state index contributed by atoms with van der Waals surface area (Å²) in [6, 6.07) is 0.483. The van der Waals surface area contributed by atoms with Crippen molar-refractivity contribution in [1.29, 1.82) is 0 Å². The van der Waals surface area contributed by atoms with E-state index in [-0.39, 0.29) is 0 Å². The molecule has 0 spiro atoms. The van der Waals surface area contributed by atoms with E-state index in [0.29, 0.717) is 12.0 Å². The number of hydrogen-bond acceptors (Lipinski definition) is 2. The molecule has 0 aromatic heterocycles. The Hall–Kier alpha value is -0.660. The lowest BCUT2D eigenvalue weighted by Gasteiger charge is -2.25. The van der Waals surface area contributed by atoms with Crippen molar-refractivity contribution in [3.8, 4) is 0 Å². The van der Waals surface area contributed by atoms with Crippen molar-refractivity contribution in [3.63, 3.8) is 0 Å². The SMILES string of the molecule is [C]1N=CCCC1C1CCCC=N1. The summed E-state index contributed by atoms with van der Waals surface area (Å²) in [6.07, 6.45) is 9.97. The highest BCUT2D eigenvalue weighted by Crippen LogP contribution is 2.26. The molecule has 0 amide bonds. The minimum absolute atomic E-state index is 0.483. The molecule has 0 saturated heterocycles. The first-order valence-corrected chi connectivity index (χ1v) is 4.75. The Morgan fingerprint density at radius 3 is 2.83 bits per heavy atom. The molecule has 0 aromatic rings. The summed E-state index contributed by atoms with van der Waals surface area (Å²) in [4.78, 5) is 8.58. The van der Waals surface area contributed by atoms with Crippen LogP contribution in [0.1, 0.15) is 32.1 Å². The zero-order valence-electron chi connectivity index (χ0n) is 7.24. The Kier molecular flexibility index (Phi) is 2.54. The highest BCUT2D eigenvalue weighted by atomic mass is 14.8. The second-order valence-corrected chi connectivity index (χ2v) is 3.45. The van der Waals surface area contributed by atoms with Gasteiger partial charge in [-0.15, -0.1) is 0 Å². The van der Waals surface area contributed by atoms with E-state index in [2.05, 4.69) is 22.7 Å². The van der Waals surface area contributed by atoms with E-state index in [0.717, 1.165) is 12.8 Å². The van der Waals surface area contributed by atoms with Gasteiger partial charge in [0.2, 0.25) is 0 Å². The molecule has 0 bridgehead atoms. The van der Waals surface area contributed by atoms with Crippen molar-refractivity contribution in [2.24, 2.45) is 15.9 Å². The van der Waals surface area contributed by atoms with Crippen LogP contribution in [0, 0.1) is 12.5 Å². The molecule has 0 aliphatic carbocycles. The molecule has 64 valence electrons. The summed E-state index contributed by atoms with van der Waals surface area (Å²) in [5.74, 6) is 0.492. The van der Waals surface area contributed by atoms with Crippen molar-refractivity contribution >= 4 is 12.4 Å². The van der Waals surface area contributed by atoms with Gasteiger partial charge < -0.3 is 0 Å². The number of nitrogens with zero attached hydrogens (tertiary/aromatic N) is 2. The van der Waals surface area contributed by atoms with Gasteiger partial charge in [0.15, 0.2) is 0 Å². The van der Waals surface area contributed by atoms with Gasteiger partial charge in [-0.25, -0.2) is 0 Å². The Morgan fingerprint density at radius 2 is 2.17 bits per heavy atom. The maximum Gasteiger partial charge on any atom is 0.121 e. The lowest BCUT2D eigenvalue weighted by Crippen LogP contribution is -2.23. The molecule has 2 aliphatic heterocycles. The van der Waals surface area contributed by atoms with E-state index in [1.165, 1.54) is 19.3 Å². The molecular weight excluding hydrogens is 148 g/mol. The molecule has 0 fully saturated rings. The fourth-order valence-electron chi connectivity index (χ4n) is 1.82. The predicted octanol–water partition coefficient (Wildman–Crippen LogP) is 2.13. The van der Waals surface area contributed by atoms with Crippen LogP contribution in [0.3, 0.4) is 0 Å². The van der Waals surface area contributed by atoms with E-state index in [1.807, 2.05) is 6.21 Å². The van der Waals surface area contributed by atoms with Gasteiger partial charge in [-0.3, -0.25) is 9.98 Å². The van der Waals surface area contributed by atoms with E-state index < -0.39 is 0 Å². The van der Waals surface area contributed by atoms with Gasteiger partial charge in [0.25, 0.3) is 0 Å². The summed E-state index contributed by atoms with van der Waals surface area (Å²) < 4.78 is 0. The van der Waals surface area contributed by atoms with Gasteiger partial charge in [-0.2, -0.15) is 0 Å². The van der Waals surface area contributed by atoms with E-state index in [4.69, 9.17) is 0 Å². The maximum atomic E-state index is 4.49. The van der Waals surface area contributed by atoms with Crippen LogP contribution in [0.15, 0.2) is 9.98 Å². The van der Waals surface area contributed by atoms with Crippen LogP contribution in [-0.4, -0.2) is 18.5 Å².